The van der Waals surface area contributed by atoms with E-state index in [0.29, 0.717) is 67.2 Å². The number of hydrogen-bond acceptors (Lipinski definition) is 2. The first-order valence-corrected chi connectivity index (χ1v) is 27.0. The smallest absolute Gasteiger partial charge is 0.125 e. The van der Waals surface area contributed by atoms with Crippen LogP contribution in [0.25, 0.3) is 76.8 Å². The van der Waals surface area contributed by atoms with Crippen LogP contribution in [0.1, 0.15) is 0 Å². The van der Waals surface area contributed by atoms with E-state index < -0.39 is 11.6 Å². The molecule has 0 heterocycles. The molecule has 0 aliphatic heterocycles. The number of hydrogen-bond donors (Lipinski definition) is 0. The summed E-state index contributed by atoms with van der Waals surface area (Å²) < 4.78 is 31.9. The lowest BCUT2D eigenvalue weighted by atomic mass is 9.59. The molecule has 12 rings (SSSR count). The second kappa shape index (κ2) is 22.8. The molecule has 88 heavy (non-hydrogen) atoms. The largest absolute Gasteiger partial charge is 0.310 e. The van der Waals surface area contributed by atoms with E-state index in [2.05, 4.69) is 0 Å². The van der Waals surface area contributed by atoms with Crippen molar-refractivity contribution in [1.82, 2.24) is 0 Å². The Hall–Kier alpha value is -7.56. The van der Waals surface area contributed by atoms with Crippen LogP contribution in [-0.4, -0.2) is 157 Å². The average molecular weight is 1070 g/mol. The van der Waals surface area contributed by atoms with Gasteiger partial charge in [0, 0.05) is 33.5 Å². The first-order valence-electron chi connectivity index (χ1n) is 27.0. The van der Waals surface area contributed by atoms with Crippen molar-refractivity contribution in [2.45, 2.75) is 0 Å². The van der Waals surface area contributed by atoms with Crippen molar-refractivity contribution >= 4 is 333 Å². The van der Waals surface area contributed by atoms with Gasteiger partial charge in [-0.1, -0.05) is 92.2 Å². The summed E-state index contributed by atoms with van der Waals surface area (Å²) in [6.45, 7) is 0. The molecule has 362 valence electrons. The summed E-state index contributed by atoms with van der Waals surface area (Å²) in [7, 11) is 132. The van der Waals surface area contributed by atoms with Gasteiger partial charge in [-0.2, -0.15) is 0 Å². The van der Waals surface area contributed by atoms with Crippen LogP contribution in [0.5, 0.6) is 0 Å². The van der Waals surface area contributed by atoms with Crippen molar-refractivity contribution in [2.24, 2.45) is 0 Å². The Morgan fingerprint density at radius 1 is 0.227 bits per heavy atom. The van der Waals surface area contributed by atoms with E-state index in [1.807, 2.05) is 58.3 Å². The lowest BCUT2D eigenvalue weighted by Gasteiger charge is -2.31. The van der Waals surface area contributed by atoms with Gasteiger partial charge in [0.1, 0.15) is 169 Å². The van der Waals surface area contributed by atoms with Crippen LogP contribution in [0, 0.1) is 11.6 Å². The van der Waals surface area contributed by atoms with Gasteiger partial charge in [0.2, 0.25) is 0 Å². The van der Waals surface area contributed by atoms with E-state index in [1.54, 1.807) is 60.7 Å². The second-order valence-electron chi connectivity index (χ2n) is 21.5. The minimum Gasteiger partial charge on any atom is -0.310 e. The maximum atomic E-state index is 15.9. The molecule has 0 amide bonds. The third-order valence-corrected chi connectivity index (χ3v) is 16.5. The molecule has 0 aliphatic rings. The van der Waals surface area contributed by atoms with Crippen LogP contribution in [-0.2, 0) is 0 Å². The molecule has 24 heteroatoms. The Bertz CT molecular complexity index is 4400. The highest BCUT2D eigenvalue weighted by Crippen LogP contribution is 2.49. The van der Waals surface area contributed by atoms with Gasteiger partial charge < -0.3 is 9.80 Å². The minimum absolute atomic E-state index is 0.00674. The zero-order valence-corrected chi connectivity index (χ0v) is 46.9. The van der Waals surface area contributed by atoms with Crippen LogP contribution in [0.2, 0.25) is 0 Å². The summed E-state index contributed by atoms with van der Waals surface area (Å²) >= 11 is 0. The quantitative estimate of drug-likeness (QED) is 0.0999. The van der Waals surface area contributed by atoms with Gasteiger partial charge in [0.15, 0.2) is 0 Å². The van der Waals surface area contributed by atoms with Gasteiger partial charge in [-0.05, 0) is 151 Å². The summed E-state index contributed by atoms with van der Waals surface area (Å²) in [4.78, 5) is 3.70. The van der Waals surface area contributed by atoms with E-state index >= 15 is 8.78 Å². The lowest BCUT2D eigenvalue weighted by molar-refractivity contribution is 0.627. The Morgan fingerprint density at radius 2 is 0.466 bits per heavy atom. The van der Waals surface area contributed by atoms with Crippen LogP contribution >= 0.6 is 0 Å². The fourth-order valence-electron chi connectivity index (χ4n) is 11.9. The molecule has 0 N–H and O–H groups in total. The van der Waals surface area contributed by atoms with Crippen LogP contribution in [0.3, 0.4) is 0 Å². The topological polar surface area (TPSA) is 6.48 Å². The number of nitrogens with zero attached hydrogens (tertiary/aromatic N) is 2. The van der Waals surface area contributed by atoms with Crippen LogP contribution in [0.15, 0.2) is 133 Å². The van der Waals surface area contributed by atoms with Gasteiger partial charge in [-0.25, -0.2) is 8.78 Å². The Balaban J connectivity index is 1.16. The molecule has 0 aromatic heterocycles. The van der Waals surface area contributed by atoms with Crippen molar-refractivity contribution in [1.29, 1.82) is 0 Å². The van der Waals surface area contributed by atoms with E-state index in [4.69, 9.17) is 157 Å². The van der Waals surface area contributed by atoms with Gasteiger partial charge in [-0.15, -0.1) is 65.6 Å². The fraction of sp³-hybridized carbons (Fsp3) is 0. The average Bonchev–Trinajstić information content (AvgIpc) is 0.783. The zero-order chi connectivity index (χ0) is 63.0. The van der Waals surface area contributed by atoms with E-state index in [-0.39, 0.29) is 132 Å². The number of benzene rings is 12. The summed E-state index contributed by atoms with van der Waals surface area (Å²) in [5.41, 5.74) is 5.13. The van der Waals surface area contributed by atoms with Crippen molar-refractivity contribution in [3.05, 3.63) is 145 Å². The van der Waals surface area contributed by atoms with Gasteiger partial charge in [0.05, 0.1) is 11.4 Å². The van der Waals surface area contributed by atoms with E-state index in [1.165, 1.54) is 24.3 Å². The predicted molar refractivity (Wildman–Crippen MR) is 389 cm³/mol. The molecule has 40 radical (unpaired) electrons. The van der Waals surface area contributed by atoms with E-state index in [0.717, 1.165) is 21.5 Å². The third kappa shape index (κ3) is 9.68. The second-order valence-corrected chi connectivity index (χ2v) is 21.5. The van der Waals surface area contributed by atoms with Crippen molar-refractivity contribution < 1.29 is 8.78 Å². The molecule has 0 saturated carbocycles. The van der Waals surface area contributed by atoms with Gasteiger partial charge >= 0.3 is 0 Å². The van der Waals surface area contributed by atoms with Gasteiger partial charge in [-0.3, -0.25) is 0 Å². The van der Waals surface area contributed by atoms with Crippen molar-refractivity contribution in [3.8, 4) is 44.5 Å². The number of rotatable bonds is 10. The highest BCUT2D eigenvalue weighted by atomic mass is 19.1. The molecule has 2 nitrogen and oxygen atoms in total. The highest BCUT2D eigenvalue weighted by molar-refractivity contribution is 6.72. The SMILES string of the molecule is [B]c1c([B])c([B])c(-c2cc(-c3c([B])c([B])c([B])c([B])c3[B])cc(N(c3cccc(F)c3)c3ccc4ccc5c(N(c6cccc(F)c6)c6cc(-c7c([B])c([B])c([B])c([B])c7[B])cc(-c7c([B])c([B])c([B])c([B])c7[B])c6)ccc6ccc3c4c65)c2)c([B])c1[B]. The maximum absolute atomic E-state index is 15.9. The standard InChI is InChI=1S/C64H22B20F2N2/c65-45-41(46(66)54(74)61(81)53(45)73)25-15-26(42-47(67)55(75)62(82)56(76)48(42)68)18-33(17-25)87(31-5-1-3-29(85)21-31)37-13-9-23-8-12-36-38(14-10-24-7-11-35(37)39(23)40(24)36)88(32-6-2-4-30(86)22-32)34-19-27(43-49(69)57(77)63(83)58(78)50(43)70)16-28(20-34)44-51(71)59(79)64(84)60(80)52(44)72/h1-22H. The summed E-state index contributed by atoms with van der Waals surface area (Å²) in [5.74, 6) is -1.10. The van der Waals surface area contributed by atoms with Gasteiger partial charge in [0.25, 0.3) is 0 Å². The zero-order valence-electron chi connectivity index (χ0n) is 46.9. The molecule has 12 aromatic carbocycles. The molecule has 12 aromatic rings. The Kier molecular flexibility index (Phi) is 15.7. The van der Waals surface area contributed by atoms with E-state index in [9.17, 15) is 0 Å². The molecule has 0 aliphatic carbocycles. The molecule has 0 saturated heterocycles. The fourth-order valence-corrected chi connectivity index (χ4v) is 11.9. The molecule has 0 unspecified atom stereocenters. The molecular formula is C64H22B20F2N2. The first kappa shape index (κ1) is 60.7. The normalized spacial score (nSPS) is 11.5. The van der Waals surface area contributed by atoms with Crippen LogP contribution < -0.4 is 119 Å². The first-order chi connectivity index (χ1) is 41.8. The minimum atomic E-state index is -0.548. The molecule has 0 spiro atoms. The number of halogens is 2. The number of anilines is 6. The lowest BCUT2D eigenvalue weighted by Crippen LogP contribution is -2.55. The molecule has 0 atom stereocenters. The Morgan fingerprint density at radius 3 is 0.716 bits per heavy atom. The summed E-state index contributed by atoms with van der Waals surface area (Å²) in [6, 6.07) is 38.2. The highest BCUT2D eigenvalue weighted by Gasteiger charge is 2.27. The van der Waals surface area contributed by atoms with Crippen molar-refractivity contribution in [2.75, 3.05) is 9.80 Å². The third-order valence-electron chi connectivity index (χ3n) is 16.5. The molecular weight excluding hydrogens is 1050 g/mol. The Labute approximate surface area is 537 Å². The molecule has 0 bridgehead atoms. The predicted octanol–water partition coefficient (Wildman–Crippen LogP) is -5.65. The van der Waals surface area contributed by atoms with Crippen LogP contribution in [0.4, 0.5) is 42.9 Å². The maximum Gasteiger partial charge on any atom is 0.125 e. The monoisotopic (exact) mass is 1080 g/mol. The van der Waals surface area contributed by atoms with Crippen molar-refractivity contribution in [3.63, 3.8) is 0 Å². The summed E-state index contributed by atoms with van der Waals surface area (Å²) in [5, 5.41) is 4.59. The molecule has 0 fully saturated rings. The summed E-state index contributed by atoms with van der Waals surface area (Å²) in [6.07, 6.45) is 0.